The predicted octanol–water partition coefficient (Wildman–Crippen LogP) is 2.80. The molecule has 8 atom stereocenters. The average molecular weight is 232 g/mol. The van der Waals surface area contributed by atoms with E-state index in [0.717, 1.165) is 11.8 Å². The van der Waals surface area contributed by atoms with E-state index in [4.69, 9.17) is 0 Å². The largest absolute Gasteiger partial charge is 0.481 e. The molecule has 3 fully saturated rings. The molecule has 0 spiro atoms. The molecule has 92 valence electrons. The molecule has 0 heterocycles. The first kappa shape index (κ1) is 10.2. The zero-order valence-electron chi connectivity index (χ0n) is 10.5. The number of fused-ring (bicyclic) bond motifs is 9. The molecule has 1 N–H and O–H groups in total. The third-order valence-corrected chi connectivity index (χ3v) is 6.56. The van der Waals surface area contributed by atoms with Crippen LogP contribution in [0.5, 0.6) is 0 Å². The summed E-state index contributed by atoms with van der Waals surface area (Å²) in [6.45, 7) is 4.54. The molecule has 4 aliphatic rings. The molecule has 2 nitrogen and oxygen atoms in total. The van der Waals surface area contributed by atoms with Crippen molar-refractivity contribution in [2.75, 3.05) is 0 Å². The van der Waals surface area contributed by atoms with E-state index in [1.807, 2.05) is 0 Å². The Balaban J connectivity index is 1.78. The second-order valence-corrected chi connectivity index (χ2v) is 7.12. The van der Waals surface area contributed by atoms with Crippen LogP contribution in [0.15, 0.2) is 12.2 Å². The van der Waals surface area contributed by atoms with Gasteiger partial charge in [0.1, 0.15) is 0 Å². The fourth-order valence-corrected chi connectivity index (χ4v) is 6.18. The van der Waals surface area contributed by atoms with Crippen LogP contribution in [0.4, 0.5) is 0 Å². The highest BCUT2D eigenvalue weighted by atomic mass is 16.4. The lowest BCUT2D eigenvalue weighted by Crippen LogP contribution is -2.41. The van der Waals surface area contributed by atoms with Crippen LogP contribution in [-0.2, 0) is 4.79 Å². The van der Waals surface area contributed by atoms with E-state index in [0.29, 0.717) is 29.1 Å². The minimum absolute atomic E-state index is 0.0641. The maximum atomic E-state index is 11.5. The first-order valence-corrected chi connectivity index (χ1v) is 6.95. The zero-order valence-corrected chi connectivity index (χ0v) is 10.5. The second kappa shape index (κ2) is 2.78. The molecular formula is C15H20O2. The number of carboxylic acids is 1. The van der Waals surface area contributed by atoms with E-state index in [1.165, 1.54) is 12.8 Å². The molecule has 8 unspecified atom stereocenters. The van der Waals surface area contributed by atoms with Crippen LogP contribution >= 0.6 is 0 Å². The molecule has 2 heteroatoms. The van der Waals surface area contributed by atoms with Crippen molar-refractivity contribution < 1.29 is 9.90 Å². The normalized spacial score (nSPS) is 62.1. The molecule has 0 amide bonds. The number of rotatable bonds is 1. The van der Waals surface area contributed by atoms with Crippen molar-refractivity contribution in [1.82, 2.24) is 0 Å². The predicted molar refractivity (Wildman–Crippen MR) is 64.2 cm³/mol. The van der Waals surface area contributed by atoms with Gasteiger partial charge in [-0.3, -0.25) is 4.79 Å². The minimum Gasteiger partial charge on any atom is -0.481 e. The molecule has 17 heavy (non-hydrogen) atoms. The molecule has 4 rings (SSSR count). The van der Waals surface area contributed by atoms with Gasteiger partial charge in [0.25, 0.3) is 0 Å². The van der Waals surface area contributed by atoms with E-state index in [1.54, 1.807) is 0 Å². The molecule has 3 saturated carbocycles. The number of carboxylic acid groups (broad SMARTS) is 1. The third kappa shape index (κ3) is 0.974. The molecule has 0 aromatic carbocycles. The lowest BCUT2D eigenvalue weighted by molar-refractivity contribution is -0.147. The summed E-state index contributed by atoms with van der Waals surface area (Å²) in [6.07, 6.45) is 7.28. The zero-order chi connectivity index (χ0) is 11.9. The van der Waals surface area contributed by atoms with Crippen LogP contribution in [0, 0.1) is 46.8 Å². The van der Waals surface area contributed by atoms with E-state index in [-0.39, 0.29) is 5.92 Å². The standard InChI is InChI=1S/C15H20O2/c1-7-9-5-10(11(7)14(16)17)13-12(9)8-3-4-15(13,2)6-8/h3-4,7-13H,5-6H2,1-2H3,(H,16,17). The average Bonchev–Trinajstić information content (AvgIpc) is 2.91. The highest BCUT2D eigenvalue weighted by Crippen LogP contribution is 2.72. The second-order valence-electron chi connectivity index (χ2n) is 7.12. The first-order chi connectivity index (χ1) is 8.03. The summed E-state index contributed by atoms with van der Waals surface area (Å²) in [5.74, 6) is 3.16. The monoisotopic (exact) mass is 232 g/mol. The highest BCUT2D eigenvalue weighted by Gasteiger charge is 2.68. The number of hydrogen-bond donors (Lipinski definition) is 1. The lowest BCUT2D eigenvalue weighted by Gasteiger charge is -2.42. The van der Waals surface area contributed by atoms with Gasteiger partial charge in [0.15, 0.2) is 0 Å². The van der Waals surface area contributed by atoms with Crippen LogP contribution in [-0.4, -0.2) is 11.1 Å². The van der Waals surface area contributed by atoms with Crippen molar-refractivity contribution >= 4 is 5.97 Å². The summed E-state index contributed by atoms with van der Waals surface area (Å²) in [5.41, 5.74) is 0.322. The van der Waals surface area contributed by atoms with E-state index >= 15 is 0 Å². The molecular weight excluding hydrogens is 212 g/mol. The van der Waals surface area contributed by atoms with Gasteiger partial charge in [-0.25, -0.2) is 0 Å². The van der Waals surface area contributed by atoms with Gasteiger partial charge in [0.05, 0.1) is 5.92 Å². The molecule has 0 aromatic heterocycles. The minimum atomic E-state index is -0.543. The Morgan fingerprint density at radius 2 is 2.18 bits per heavy atom. The van der Waals surface area contributed by atoms with Crippen molar-refractivity contribution in [3.8, 4) is 0 Å². The van der Waals surface area contributed by atoms with Gasteiger partial charge in [-0.05, 0) is 53.8 Å². The van der Waals surface area contributed by atoms with Gasteiger partial charge in [0, 0.05) is 0 Å². The van der Waals surface area contributed by atoms with Crippen molar-refractivity contribution in [2.24, 2.45) is 46.8 Å². The van der Waals surface area contributed by atoms with Gasteiger partial charge in [-0.1, -0.05) is 26.0 Å². The summed E-state index contributed by atoms with van der Waals surface area (Å²) < 4.78 is 0. The Hall–Kier alpha value is -0.790. The number of allylic oxidation sites excluding steroid dienone is 2. The number of carbonyl (C=O) groups is 1. The Morgan fingerprint density at radius 1 is 1.41 bits per heavy atom. The van der Waals surface area contributed by atoms with Gasteiger partial charge in [0.2, 0.25) is 0 Å². The maximum Gasteiger partial charge on any atom is 0.307 e. The molecule has 4 aliphatic carbocycles. The summed E-state index contributed by atoms with van der Waals surface area (Å²) in [6, 6.07) is 0. The van der Waals surface area contributed by atoms with Crippen LogP contribution in [0.3, 0.4) is 0 Å². The summed E-state index contributed by atoms with van der Waals surface area (Å²) in [7, 11) is 0. The number of hydrogen-bond acceptors (Lipinski definition) is 1. The quantitative estimate of drug-likeness (QED) is 0.557. The first-order valence-electron chi connectivity index (χ1n) is 6.95. The van der Waals surface area contributed by atoms with Crippen molar-refractivity contribution in [3.63, 3.8) is 0 Å². The van der Waals surface area contributed by atoms with Crippen LogP contribution in [0.2, 0.25) is 0 Å². The fraction of sp³-hybridized carbons (Fsp3) is 0.800. The van der Waals surface area contributed by atoms with Crippen molar-refractivity contribution in [1.29, 1.82) is 0 Å². The SMILES string of the molecule is CC1C2CC(C1C(=O)O)C1C2C2C=CC1(C)C2. The molecule has 0 aromatic rings. The van der Waals surface area contributed by atoms with E-state index in [9.17, 15) is 9.90 Å². The molecule has 4 bridgehead atoms. The van der Waals surface area contributed by atoms with Gasteiger partial charge < -0.3 is 5.11 Å². The Bertz CT molecular complexity index is 427. The molecule has 0 radical (unpaired) electrons. The Kier molecular flexibility index (Phi) is 1.66. The maximum absolute atomic E-state index is 11.5. The number of aliphatic carboxylic acids is 1. The van der Waals surface area contributed by atoms with Gasteiger partial charge in [-0.2, -0.15) is 0 Å². The molecule has 0 saturated heterocycles. The van der Waals surface area contributed by atoms with Gasteiger partial charge in [-0.15, -0.1) is 0 Å². The Morgan fingerprint density at radius 3 is 2.88 bits per heavy atom. The highest BCUT2D eigenvalue weighted by molar-refractivity contribution is 5.72. The smallest absolute Gasteiger partial charge is 0.307 e. The van der Waals surface area contributed by atoms with Crippen LogP contribution in [0.25, 0.3) is 0 Å². The fourth-order valence-electron chi connectivity index (χ4n) is 6.18. The summed E-state index contributed by atoms with van der Waals surface area (Å²) in [5, 5.41) is 9.46. The van der Waals surface area contributed by atoms with Crippen LogP contribution in [0.1, 0.15) is 26.7 Å². The lowest BCUT2D eigenvalue weighted by atomic mass is 9.62. The van der Waals surface area contributed by atoms with Gasteiger partial charge >= 0.3 is 5.97 Å². The van der Waals surface area contributed by atoms with E-state index < -0.39 is 5.97 Å². The molecule has 0 aliphatic heterocycles. The Labute approximate surface area is 102 Å². The summed E-state index contributed by atoms with van der Waals surface area (Å²) in [4.78, 5) is 11.5. The topological polar surface area (TPSA) is 37.3 Å². The van der Waals surface area contributed by atoms with Crippen molar-refractivity contribution in [2.45, 2.75) is 26.7 Å². The summed E-state index contributed by atoms with van der Waals surface area (Å²) >= 11 is 0. The third-order valence-electron chi connectivity index (χ3n) is 6.56. The van der Waals surface area contributed by atoms with E-state index in [2.05, 4.69) is 26.0 Å². The van der Waals surface area contributed by atoms with Crippen molar-refractivity contribution in [3.05, 3.63) is 12.2 Å². The van der Waals surface area contributed by atoms with Crippen LogP contribution < -0.4 is 0 Å².